The van der Waals surface area contributed by atoms with Gasteiger partial charge in [0.05, 0.1) is 26.9 Å². The van der Waals surface area contributed by atoms with E-state index in [9.17, 15) is 4.79 Å². The van der Waals surface area contributed by atoms with E-state index in [1.165, 1.54) is 0 Å². The van der Waals surface area contributed by atoms with Gasteiger partial charge < -0.3 is 19.1 Å². The summed E-state index contributed by atoms with van der Waals surface area (Å²) in [6, 6.07) is 13.2. The van der Waals surface area contributed by atoms with Gasteiger partial charge in [-0.2, -0.15) is 0 Å². The topological polar surface area (TPSA) is 48.0 Å². The first-order valence-electron chi connectivity index (χ1n) is 8.90. The lowest BCUT2D eigenvalue weighted by Gasteiger charge is -2.25. The molecular formula is C22H27NO4. The first-order chi connectivity index (χ1) is 13.0. The van der Waals surface area contributed by atoms with E-state index >= 15 is 0 Å². The van der Waals surface area contributed by atoms with Crippen LogP contribution in [0.4, 0.5) is 0 Å². The zero-order valence-electron chi connectivity index (χ0n) is 16.6. The SMILES string of the molecule is CCOc1cc(/C=C/C(=O)N(C)C(C)c2ccccc2OC)ccc1OC. The highest BCUT2D eigenvalue weighted by Crippen LogP contribution is 2.30. The Labute approximate surface area is 161 Å². The third-order valence-electron chi connectivity index (χ3n) is 4.42. The smallest absolute Gasteiger partial charge is 0.246 e. The van der Waals surface area contributed by atoms with Crippen LogP contribution in [0.25, 0.3) is 6.08 Å². The number of likely N-dealkylation sites (N-methyl/N-ethyl adjacent to an activating group) is 1. The average molecular weight is 369 g/mol. The van der Waals surface area contributed by atoms with Crippen molar-refractivity contribution in [1.29, 1.82) is 0 Å². The summed E-state index contributed by atoms with van der Waals surface area (Å²) in [6.07, 6.45) is 3.33. The molecule has 0 aliphatic rings. The molecule has 0 saturated carbocycles. The quantitative estimate of drug-likeness (QED) is 0.650. The predicted molar refractivity (Wildman–Crippen MR) is 107 cm³/mol. The molecule has 0 aliphatic carbocycles. The first kappa shape index (κ1) is 20.4. The second kappa shape index (κ2) is 9.67. The number of carbonyl (C=O) groups is 1. The molecule has 0 aromatic heterocycles. The number of nitrogens with zero attached hydrogens (tertiary/aromatic N) is 1. The molecule has 1 unspecified atom stereocenters. The Hall–Kier alpha value is -2.95. The van der Waals surface area contributed by atoms with E-state index in [2.05, 4.69) is 0 Å². The van der Waals surface area contributed by atoms with Crippen LogP contribution in [0.15, 0.2) is 48.5 Å². The molecule has 27 heavy (non-hydrogen) atoms. The number of methoxy groups -OCH3 is 2. The minimum Gasteiger partial charge on any atom is -0.496 e. The fraction of sp³-hybridized carbons (Fsp3) is 0.318. The van der Waals surface area contributed by atoms with Gasteiger partial charge in [0, 0.05) is 18.7 Å². The van der Waals surface area contributed by atoms with E-state index in [1.54, 1.807) is 38.3 Å². The number of para-hydroxylation sites is 1. The molecule has 2 aromatic carbocycles. The molecular weight excluding hydrogens is 342 g/mol. The fourth-order valence-corrected chi connectivity index (χ4v) is 2.76. The predicted octanol–water partition coefficient (Wildman–Crippen LogP) is 4.34. The largest absolute Gasteiger partial charge is 0.496 e. The number of amides is 1. The molecule has 5 heteroatoms. The Balaban J connectivity index is 2.14. The van der Waals surface area contributed by atoms with Crippen LogP contribution in [0.5, 0.6) is 17.2 Å². The van der Waals surface area contributed by atoms with Crippen LogP contribution >= 0.6 is 0 Å². The van der Waals surface area contributed by atoms with Crippen LogP contribution in [0.2, 0.25) is 0 Å². The number of rotatable bonds is 8. The third kappa shape index (κ3) is 5.03. The minimum atomic E-state index is -0.117. The molecule has 0 N–H and O–H groups in total. The number of carbonyl (C=O) groups excluding carboxylic acids is 1. The number of hydrogen-bond acceptors (Lipinski definition) is 4. The molecule has 5 nitrogen and oxygen atoms in total. The summed E-state index contributed by atoms with van der Waals surface area (Å²) < 4.78 is 16.3. The Kier molecular flexibility index (Phi) is 7.29. The Bertz CT molecular complexity index is 801. The lowest BCUT2D eigenvalue weighted by atomic mass is 10.1. The first-order valence-corrected chi connectivity index (χ1v) is 8.90. The van der Waals surface area contributed by atoms with Crippen molar-refractivity contribution in [3.05, 3.63) is 59.7 Å². The lowest BCUT2D eigenvalue weighted by molar-refractivity contribution is -0.126. The van der Waals surface area contributed by atoms with Gasteiger partial charge in [0.15, 0.2) is 11.5 Å². The van der Waals surface area contributed by atoms with Crippen molar-refractivity contribution in [2.45, 2.75) is 19.9 Å². The maximum Gasteiger partial charge on any atom is 0.246 e. The highest BCUT2D eigenvalue weighted by atomic mass is 16.5. The minimum absolute atomic E-state index is 0.0952. The van der Waals surface area contributed by atoms with E-state index < -0.39 is 0 Å². The number of hydrogen-bond donors (Lipinski definition) is 0. The van der Waals surface area contributed by atoms with Crippen LogP contribution in [0.1, 0.15) is 31.0 Å². The van der Waals surface area contributed by atoms with Gasteiger partial charge in [-0.25, -0.2) is 0 Å². The van der Waals surface area contributed by atoms with E-state index in [0.717, 1.165) is 16.9 Å². The molecule has 0 radical (unpaired) electrons. The van der Waals surface area contributed by atoms with Crippen LogP contribution in [0, 0.1) is 0 Å². The van der Waals surface area contributed by atoms with Crippen LogP contribution < -0.4 is 14.2 Å². The van der Waals surface area contributed by atoms with Gasteiger partial charge in [-0.15, -0.1) is 0 Å². The van der Waals surface area contributed by atoms with E-state index in [4.69, 9.17) is 14.2 Å². The molecule has 144 valence electrons. The Morgan fingerprint density at radius 2 is 1.78 bits per heavy atom. The van der Waals surface area contributed by atoms with Gasteiger partial charge in [0.1, 0.15) is 5.75 Å². The average Bonchev–Trinajstić information content (AvgIpc) is 2.71. The fourth-order valence-electron chi connectivity index (χ4n) is 2.76. The van der Waals surface area contributed by atoms with Crippen LogP contribution in [0.3, 0.4) is 0 Å². The van der Waals surface area contributed by atoms with Crippen LogP contribution in [-0.2, 0) is 4.79 Å². The maximum atomic E-state index is 12.6. The second-order valence-corrected chi connectivity index (χ2v) is 6.04. The third-order valence-corrected chi connectivity index (χ3v) is 4.42. The molecule has 0 bridgehead atoms. The zero-order valence-corrected chi connectivity index (χ0v) is 16.6. The second-order valence-electron chi connectivity index (χ2n) is 6.04. The highest BCUT2D eigenvalue weighted by molar-refractivity contribution is 5.92. The van der Waals surface area contributed by atoms with E-state index in [-0.39, 0.29) is 11.9 Å². The molecule has 2 rings (SSSR count). The summed E-state index contributed by atoms with van der Waals surface area (Å²) in [6.45, 7) is 4.44. The van der Waals surface area contributed by atoms with Gasteiger partial charge in [-0.1, -0.05) is 24.3 Å². The van der Waals surface area contributed by atoms with Gasteiger partial charge in [-0.05, 0) is 43.7 Å². The molecule has 1 amide bonds. The maximum absolute atomic E-state index is 12.6. The summed E-state index contributed by atoms with van der Waals surface area (Å²) in [5.74, 6) is 2.00. The normalized spacial score (nSPS) is 11.9. The van der Waals surface area contributed by atoms with Crippen molar-refractivity contribution >= 4 is 12.0 Å². The summed E-state index contributed by atoms with van der Waals surface area (Å²) in [4.78, 5) is 14.3. The molecule has 2 aromatic rings. The number of benzene rings is 2. The van der Waals surface area contributed by atoms with Crippen molar-refractivity contribution in [2.24, 2.45) is 0 Å². The summed E-state index contributed by atoms with van der Waals surface area (Å²) >= 11 is 0. The van der Waals surface area contributed by atoms with Crippen molar-refractivity contribution in [3.8, 4) is 17.2 Å². The molecule has 1 atom stereocenters. The van der Waals surface area contributed by atoms with E-state index in [0.29, 0.717) is 18.1 Å². The van der Waals surface area contributed by atoms with Crippen molar-refractivity contribution in [1.82, 2.24) is 4.90 Å². The van der Waals surface area contributed by atoms with Crippen LogP contribution in [-0.4, -0.2) is 38.7 Å². The van der Waals surface area contributed by atoms with Crippen molar-refractivity contribution < 1.29 is 19.0 Å². The molecule has 0 fully saturated rings. The molecule has 0 spiro atoms. The molecule has 0 aliphatic heterocycles. The highest BCUT2D eigenvalue weighted by Gasteiger charge is 2.18. The zero-order chi connectivity index (χ0) is 19.8. The lowest BCUT2D eigenvalue weighted by Crippen LogP contribution is -2.28. The molecule has 0 saturated heterocycles. The standard InChI is InChI=1S/C22H27NO4/c1-6-27-21-15-17(11-13-20(21)26-5)12-14-22(24)23(3)16(2)18-9-7-8-10-19(18)25-4/h7-16H,6H2,1-5H3/b14-12+. The van der Waals surface area contributed by atoms with Gasteiger partial charge >= 0.3 is 0 Å². The van der Waals surface area contributed by atoms with Gasteiger partial charge in [-0.3, -0.25) is 4.79 Å². The van der Waals surface area contributed by atoms with Gasteiger partial charge in [0.25, 0.3) is 0 Å². The summed E-state index contributed by atoms with van der Waals surface area (Å²) in [5, 5.41) is 0. The Morgan fingerprint density at radius 3 is 2.44 bits per heavy atom. The van der Waals surface area contributed by atoms with Crippen molar-refractivity contribution in [2.75, 3.05) is 27.9 Å². The summed E-state index contributed by atoms with van der Waals surface area (Å²) in [7, 11) is 5.02. The monoisotopic (exact) mass is 369 g/mol. The number of ether oxygens (including phenoxy) is 3. The molecule has 0 heterocycles. The Morgan fingerprint density at radius 1 is 1.07 bits per heavy atom. The summed E-state index contributed by atoms with van der Waals surface area (Å²) in [5.41, 5.74) is 1.83. The van der Waals surface area contributed by atoms with Crippen molar-refractivity contribution in [3.63, 3.8) is 0 Å². The van der Waals surface area contributed by atoms with E-state index in [1.807, 2.05) is 56.3 Å². The van der Waals surface area contributed by atoms with Gasteiger partial charge in [0.2, 0.25) is 5.91 Å².